The maximum atomic E-state index is 11.4. The molecule has 7 heteroatoms. The van der Waals surface area contributed by atoms with E-state index in [0.717, 1.165) is 0 Å². The molecule has 1 aliphatic rings. The Hall–Kier alpha value is -0.950. The molecule has 16 heavy (non-hydrogen) atoms. The lowest BCUT2D eigenvalue weighted by atomic mass is 9.90. The van der Waals surface area contributed by atoms with Crippen LogP contribution in [-0.2, 0) is 21.7 Å². The van der Waals surface area contributed by atoms with Gasteiger partial charge in [-0.05, 0) is 19.9 Å². The van der Waals surface area contributed by atoms with Crippen LogP contribution in [0.2, 0.25) is 0 Å². The Morgan fingerprint density at radius 2 is 2.31 bits per heavy atom. The Bertz CT molecular complexity index is 482. The molecule has 2 N–H and O–H groups in total. The summed E-state index contributed by atoms with van der Waals surface area (Å²) >= 11 is 0. The first-order valence-electron chi connectivity index (χ1n) is 5.19. The Labute approximate surface area is 94.1 Å². The average Bonchev–Trinajstić information content (AvgIpc) is 2.73. The largest absolute Gasteiger partial charge is 0.339 e. The smallest absolute Gasteiger partial charge is 0.233 e. The average molecular weight is 245 g/mol. The van der Waals surface area contributed by atoms with E-state index in [4.69, 9.17) is 10.3 Å². The van der Waals surface area contributed by atoms with Crippen LogP contribution in [0.3, 0.4) is 0 Å². The molecule has 0 saturated carbocycles. The van der Waals surface area contributed by atoms with E-state index in [-0.39, 0.29) is 11.5 Å². The SMILES string of the molecule is CC1(c2nc(CCN)no2)CCS(=O)(=O)C1. The van der Waals surface area contributed by atoms with Gasteiger partial charge in [0.15, 0.2) is 15.7 Å². The van der Waals surface area contributed by atoms with Gasteiger partial charge >= 0.3 is 0 Å². The summed E-state index contributed by atoms with van der Waals surface area (Å²) < 4.78 is 28.0. The molecule has 1 aliphatic heterocycles. The molecule has 0 amide bonds. The highest BCUT2D eigenvalue weighted by molar-refractivity contribution is 7.91. The Balaban J connectivity index is 2.23. The van der Waals surface area contributed by atoms with Gasteiger partial charge in [-0.1, -0.05) is 5.16 Å². The van der Waals surface area contributed by atoms with Crippen molar-refractivity contribution in [2.24, 2.45) is 5.73 Å². The summed E-state index contributed by atoms with van der Waals surface area (Å²) in [4.78, 5) is 4.20. The van der Waals surface area contributed by atoms with Gasteiger partial charge < -0.3 is 10.3 Å². The van der Waals surface area contributed by atoms with Gasteiger partial charge in [0, 0.05) is 6.42 Å². The normalized spacial score (nSPS) is 28.4. The van der Waals surface area contributed by atoms with Crippen LogP contribution in [0.4, 0.5) is 0 Å². The maximum absolute atomic E-state index is 11.4. The quantitative estimate of drug-likeness (QED) is 0.781. The lowest BCUT2D eigenvalue weighted by molar-refractivity contribution is 0.308. The number of hydrogen-bond donors (Lipinski definition) is 1. The van der Waals surface area contributed by atoms with Gasteiger partial charge in [0.05, 0.1) is 16.9 Å². The summed E-state index contributed by atoms with van der Waals surface area (Å²) in [5.74, 6) is 1.24. The Kier molecular flexibility index (Phi) is 2.75. The second kappa shape index (κ2) is 3.81. The monoisotopic (exact) mass is 245 g/mol. The van der Waals surface area contributed by atoms with E-state index < -0.39 is 15.3 Å². The van der Waals surface area contributed by atoms with Crippen molar-refractivity contribution < 1.29 is 12.9 Å². The number of sulfone groups is 1. The van der Waals surface area contributed by atoms with E-state index in [1.165, 1.54) is 0 Å². The van der Waals surface area contributed by atoms with Crippen molar-refractivity contribution in [1.29, 1.82) is 0 Å². The topological polar surface area (TPSA) is 99.1 Å². The minimum absolute atomic E-state index is 0.0876. The van der Waals surface area contributed by atoms with Crippen LogP contribution in [0.25, 0.3) is 0 Å². The van der Waals surface area contributed by atoms with Crippen LogP contribution in [-0.4, -0.2) is 36.6 Å². The fourth-order valence-electron chi connectivity index (χ4n) is 1.91. The highest BCUT2D eigenvalue weighted by Crippen LogP contribution is 2.34. The van der Waals surface area contributed by atoms with Gasteiger partial charge in [0.1, 0.15) is 0 Å². The highest BCUT2D eigenvalue weighted by atomic mass is 32.2. The predicted octanol–water partition coefficient (Wildman–Crippen LogP) is -0.353. The van der Waals surface area contributed by atoms with Crippen LogP contribution >= 0.6 is 0 Å². The zero-order chi connectivity index (χ0) is 11.8. The van der Waals surface area contributed by atoms with Gasteiger partial charge in [-0.25, -0.2) is 8.42 Å². The second-order valence-electron chi connectivity index (χ2n) is 4.46. The third-order valence-corrected chi connectivity index (χ3v) is 4.76. The minimum Gasteiger partial charge on any atom is -0.339 e. The molecular weight excluding hydrogens is 230 g/mol. The zero-order valence-corrected chi connectivity index (χ0v) is 9.96. The molecule has 0 radical (unpaired) electrons. The molecule has 0 aliphatic carbocycles. The lowest BCUT2D eigenvalue weighted by Gasteiger charge is -2.15. The second-order valence-corrected chi connectivity index (χ2v) is 6.64. The van der Waals surface area contributed by atoms with Crippen molar-refractivity contribution in [3.05, 3.63) is 11.7 Å². The van der Waals surface area contributed by atoms with Crippen molar-refractivity contribution in [1.82, 2.24) is 10.1 Å². The Morgan fingerprint density at radius 1 is 1.56 bits per heavy atom. The lowest BCUT2D eigenvalue weighted by Crippen LogP contribution is -2.23. The van der Waals surface area contributed by atoms with Crippen LogP contribution in [0.1, 0.15) is 25.1 Å². The molecule has 0 aromatic carbocycles. The van der Waals surface area contributed by atoms with E-state index in [2.05, 4.69) is 10.1 Å². The molecule has 2 heterocycles. The van der Waals surface area contributed by atoms with Crippen LogP contribution in [0.5, 0.6) is 0 Å². The molecule has 6 nitrogen and oxygen atoms in total. The van der Waals surface area contributed by atoms with Gasteiger partial charge in [0.25, 0.3) is 0 Å². The number of hydrogen-bond acceptors (Lipinski definition) is 6. The third-order valence-electron chi connectivity index (χ3n) is 2.86. The zero-order valence-electron chi connectivity index (χ0n) is 9.14. The van der Waals surface area contributed by atoms with Crippen molar-refractivity contribution >= 4 is 9.84 Å². The van der Waals surface area contributed by atoms with Gasteiger partial charge in [0.2, 0.25) is 5.89 Å². The summed E-state index contributed by atoms with van der Waals surface area (Å²) in [6.07, 6.45) is 1.09. The van der Waals surface area contributed by atoms with Gasteiger partial charge in [-0.2, -0.15) is 4.98 Å². The summed E-state index contributed by atoms with van der Waals surface area (Å²) in [6.45, 7) is 2.30. The molecule has 1 aromatic rings. The number of rotatable bonds is 3. The fourth-order valence-corrected chi connectivity index (χ4v) is 4.05. The van der Waals surface area contributed by atoms with E-state index in [1.807, 2.05) is 6.92 Å². The van der Waals surface area contributed by atoms with Crippen molar-refractivity contribution in [3.63, 3.8) is 0 Å². The predicted molar refractivity (Wildman–Crippen MR) is 57.7 cm³/mol. The molecule has 0 bridgehead atoms. The third kappa shape index (κ3) is 2.10. The van der Waals surface area contributed by atoms with Crippen molar-refractivity contribution in [3.8, 4) is 0 Å². The first-order valence-corrected chi connectivity index (χ1v) is 7.01. The molecule has 2 rings (SSSR count). The van der Waals surface area contributed by atoms with E-state index >= 15 is 0 Å². The first-order chi connectivity index (χ1) is 7.45. The van der Waals surface area contributed by atoms with E-state index in [1.54, 1.807) is 0 Å². The summed E-state index contributed by atoms with van der Waals surface area (Å²) in [7, 11) is -2.96. The van der Waals surface area contributed by atoms with E-state index in [9.17, 15) is 8.42 Å². The number of aromatic nitrogens is 2. The van der Waals surface area contributed by atoms with Crippen molar-refractivity contribution in [2.45, 2.75) is 25.2 Å². The molecule has 1 unspecified atom stereocenters. The maximum Gasteiger partial charge on any atom is 0.233 e. The number of nitrogens with zero attached hydrogens (tertiary/aromatic N) is 2. The van der Waals surface area contributed by atoms with Crippen molar-refractivity contribution in [2.75, 3.05) is 18.1 Å². The summed E-state index contributed by atoms with van der Waals surface area (Å²) in [5.41, 5.74) is 4.85. The number of nitrogens with two attached hydrogens (primary N) is 1. The fraction of sp³-hybridized carbons (Fsp3) is 0.778. The molecule has 0 spiro atoms. The summed E-state index contributed by atoms with van der Waals surface area (Å²) in [6, 6.07) is 0. The molecule has 1 fully saturated rings. The first kappa shape index (κ1) is 11.5. The molecule has 90 valence electrons. The molecule has 1 aromatic heterocycles. The molecular formula is C9H15N3O3S. The minimum atomic E-state index is -2.96. The Morgan fingerprint density at radius 3 is 2.88 bits per heavy atom. The highest BCUT2D eigenvalue weighted by Gasteiger charge is 2.43. The van der Waals surface area contributed by atoms with Gasteiger partial charge in [-0.15, -0.1) is 0 Å². The molecule has 1 saturated heterocycles. The standard InChI is InChI=1S/C9H15N3O3S/c1-9(3-5-16(13,14)6-9)8-11-7(2-4-10)12-15-8/h2-6,10H2,1H3. The van der Waals surface area contributed by atoms with Crippen LogP contribution in [0, 0.1) is 0 Å². The van der Waals surface area contributed by atoms with E-state index in [0.29, 0.717) is 31.1 Å². The summed E-state index contributed by atoms with van der Waals surface area (Å²) in [5, 5.41) is 3.78. The molecule has 1 atom stereocenters. The van der Waals surface area contributed by atoms with Crippen LogP contribution in [0.15, 0.2) is 4.52 Å². The van der Waals surface area contributed by atoms with Gasteiger partial charge in [-0.3, -0.25) is 0 Å². The van der Waals surface area contributed by atoms with Crippen LogP contribution < -0.4 is 5.73 Å².